The minimum Gasteiger partial charge on any atom is -0.350 e. The van der Waals surface area contributed by atoms with Crippen LogP contribution in [0.15, 0.2) is 18.7 Å². The number of rotatable bonds is 5. The number of nitrogens with zero attached hydrogens (tertiary/aromatic N) is 4. The Hall–Kier alpha value is -2.22. The predicted octanol–water partition coefficient (Wildman–Crippen LogP) is -0.102. The Balaban J connectivity index is 1.51. The van der Waals surface area contributed by atoms with Crippen LogP contribution in [0.1, 0.15) is 35.1 Å². The van der Waals surface area contributed by atoms with Gasteiger partial charge in [-0.2, -0.15) is 0 Å². The Kier molecular flexibility index (Phi) is 4.25. The molecule has 8 heteroatoms. The van der Waals surface area contributed by atoms with Crippen molar-refractivity contribution in [3.05, 3.63) is 30.1 Å². The number of hydrogen-bond acceptors (Lipinski definition) is 5. The highest BCUT2D eigenvalue weighted by molar-refractivity contribution is 5.91. The van der Waals surface area contributed by atoms with E-state index in [-0.39, 0.29) is 5.91 Å². The molecule has 21 heavy (non-hydrogen) atoms. The highest BCUT2D eigenvalue weighted by Crippen LogP contribution is 2.16. The first kappa shape index (κ1) is 13.7. The first-order valence-corrected chi connectivity index (χ1v) is 7.21. The predicted molar refractivity (Wildman–Crippen MR) is 75.8 cm³/mol. The van der Waals surface area contributed by atoms with Gasteiger partial charge in [0.1, 0.15) is 0 Å². The molecule has 1 aliphatic heterocycles. The van der Waals surface area contributed by atoms with E-state index in [1.165, 1.54) is 0 Å². The number of H-pyrrole nitrogens is 1. The van der Waals surface area contributed by atoms with Crippen molar-refractivity contribution in [2.45, 2.75) is 25.3 Å². The third-order valence-corrected chi connectivity index (χ3v) is 3.66. The van der Waals surface area contributed by atoms with Gasteiger partial charge in [0, 0.05) is 24.9 Å². The minimum absolute atomic E-state index is 0.185. The second-order valence-corrected chi connectivity index (χ2v) is 5.15. The monoisotopic (exact) mass is 289 g/mol. The standard InChI is InChI=1S/C13H19N7O/c21-13(16-6-1-10-7-15-9-17-10)12-8-20(19-18-12)11-2-4-14-5-3-11/h7-9,11,14H,1-6H2,(H,15,17)(H,16,21). The zero-order valence-electron chi connectivity index (χ0n) is 11.7. The summed E-state index contributed by atoms with van der Waals surface area (Å²) in [5.74, 6) is -0.185. The van der Waals surface area contributed by atoms with Crippen molar-refractivity contribution in [3.63, 3.8) is 0 Å². The summed E-state index contributed by atoms with van der Waals surface area (Å²) in [5.41, 5.74) is 1.37. The maximum atomic E-state index is 12.0. The average Bonchev–Trinajstić information content (AvgIpc) is 3.20. The molecule has 3 N–H and O–H groups in total. The largest absolute Gasteiger partial charge is 0.350 e. The molecule has 3 heterocycles. The van der Waals surface area contributed by atoms with Crippen molar-refractivity contribution in [3.8, 4) is 0 Å². The summed E-state index contributed by atoms with van der Waals surface area (Å²) < 4.78 is 1.81. The van der Waals surface area contributed by atoms with Crippen LogP contribution < -0.4 is 10.6 Å². The first-order valence-electron chi connectivity index (χ1n) is 7.21. The summed E-state index contributed by atoms with van der Waals surface area (Å²) in [6.45, 7) is 2.51. The lowest BCUT2D eigenvalue weighted by molar-refractivity contribution is 0.0949. The van der Waals surface area contributed by atoms with Crippen LogP contribution in [0.25, 0.3) is 0 Å². The van der Waals surface area contributed by atoms with Gasteiger partial charge in [0.05, 0.1) is 18.6 Å². The van der Waals surface area contributed by atoms with E-state index in [9.17, 15) is 4.79 Å². The number of imidazole rings is 1. The van der Waals surface area contributed by atoms with Gasteiger partial charge < -0.3 is 15.6 Å². The van der Waals surface area contributed by atoms with Crippen LogP contribution in [-0.4, -0.2) is 50.5 Å². The molecule has 0 radical (unpaired) electrons. The number of aromatic amines is 1. The number of carbonyl (C=O) groups excluding carboxylic acids is 1. The van der Waals surface area contributed by atoms with Gasteiger partial charge in [-0.05, 0) is 25.9 Å². The smallest absolute Gasteiger partial charge is 0.273 e. The van der Waals surface area contributed by atoms with Gasteiger partial charge >= 0.3 is 0 Å². The summed E-state index contributed by atoms with van der Waals surface area (Å²) in [5, 5.41) is 14.2. The van der Waals surface area contributed by atoms with Crippen LogP contribution in [0, 0.1) is 0 Å². The molecule has 1 saturated heterocycles. The molecule has 112 valence electrons. The first-order chi connectivity index (χ1) is 10.3. The molecular formula is C13H19N7O. The highest BCUT2D eigenvalue weighted by Gasteiger charge is 2.18. The second kappa shape index (κ2) is 6.49. The summed E-state index contributed by atoms with van der Waals surface area (Å²) in [6.07, 6.45) is 7.87. The van der Waals surface area contributed by atoms with E-state index < -0.39 is 0 Å². The number of carbonyl (C=O) groups is 1. The summed E-state index contributed by atoms with van der Waals surface area (Å²) in [7, 11) is 0. The molecule has 1 fully saturated rings. The SMILES string of the molecule is O=C(NCCc1cnc[nH]1)c1cn(C2CCNCC2)nn1. The summed E-state index contributed by atoms with van der Waals surface area (Å²) >= 11 is 0. The molecule has 0 unspecified atom stereocenters. The zero-order chi connectivity index (χ0) is 14.5. The molecule has 1 aliphatic rings. The van der Waals surface area contributed by atoms with E-state index in [0.717, 1.165) is 31.6 Å². The minimum atomic E-state index is -0.185. The molecule has 0 bridgehead atoms. The number of amides is 1. The molecule has 8 nitrogen and oxygen atoms in total. The molecule has 0 aliphatic carbocycles. The Labute approximate surface area is 122 Å². The fraction of sp³-hybridized carbons (Fsp3) is 0.538. The third-order valence-electron chi connectivity index (χ3n) is 3.66. The van der Waals surface area contributed by atoms with Gasteiger partial charge in [-0.3, -0.25) is 4.79 Å². The van der Waals surface area contributed by atoms with Gasteiger partial charge in [-0.25, -0.2) is 9.67 Å². The number of piperidine rings is 1. The molecule has 0 atom stereocenters. The lowest BCUT2D eigenvalue weighted by Gasteiger charge is -2.22. The Morgan fingerprint density at radius 2 is 2.29 bits per heavy atom. The van der Waals surface area contributed by atoms with Gasteiger partial charge in [0.25, 0.3) is 5.91 Å². The number of aromatic nitrogens is 5. The molecule has 3 rings (SSSR count). The third kappa shape index (κ3) is 3.46. The maximum absolute atomic E-state index is 12.0. The van der Waals surface area contributed by atoms with E-state index in [1.54, 1.807) is 18.7 Å². The van der Waals surface area contributed by atoms with Crippen LogP contribution in [-0.2, 0) is 6.42 Å². The summed E-state index contributed by atoms with van der Waals surface area (Å²) in [6, 6.07) is 0.338. The van der Waals surface area contributed by atoms with E-state index >= 15 is 0 Å². The number of hydrogen-bond donors (Lipinski definition) is 3. The molecule has 2 aromatic rings. The van der Waals surface area contributed by atoms with E-state index in [0.29, 0.717) is 24.7 Å². The molecule has 2 aromatic heterocycles. The zero-order valence-corrected chi connectivity index (χ0v) is 11.7. The van der Waals surface area contributed by atoms with Gasteiger partial charge in [-0.1, -0.05) is 5.21 Å². The van der Waals surface area contributed by atoms with E-state index in [4.69, 9.17) is 0 Å². The average molecular weight is 289 g/mol. The van der Waals surface area contributed by atoms with Crippen LogP contribution >= 0.6 is 0 Å². The molecule has 1 amide bonds. The molecule has 0 saturated carbocycles. The van der Waals surface area contributed by atoms with Crippen LogP contribution in [0.5, 0.6) is 0 Å². The normalized spacial score (nSPS) is 16.0. The summed E-state index contributed by atoms with van der Waals surface area (Å²) in [4.78, 5) is 18.9. The molecular weight excluding hydrogens is 270 g/mol. The van der Waals surface area contributed by atoms with Gasteiger partial charge in [0.2, 0.25) is 0 Å². The fourth-order valence-corrected chi connectivity index (χ4v) is 2.45. The topological polar surface area (TPSA) is 101 Å². The quantitative estimate of drug-likeness (QED) is 0.713. The fourth-order valence-electron chi connectivity index (χ4n) is 2.45. The second-order valence-electron chi connectivity index (χ2n) is 5.15. The lowest BCUT2D eigenvalue weighted by Crippen LogP contribution is -2.29. The lowest BCUT2D eigenvalue weighted by atomic mass is 10.1. The Morgan fingerprint density at radius 3 is 3.05 bits per heavy atom. The Bertz CT molecular complexity index is 571. The molecule has 0 spiro atoms. The van der Waals surface area contributed by atoms with Gasteiger partial charge in [0.15, 0.2) is 5.69 Å². The van der Waals surface area contributed by atoms with Crippen molar-refractivity contribution in [2.24, 2.45) is 0 Å². The van der Waals surface area contributed by atoms with Crippen LogP contribution in [0.3, 0.4) is 0 Å². The van der Waals surface area contributed by atoms with Crippen molar-refractivity contribution in [1.29, 1.82) is 0 Å². The Morgan fingerprint density at radius 1 is 1.43 bits per heavy atom. The highest BCUT2D eigenvalue weighted by atomic mass is 16.2. The van der Waals surface area contributed by atoms with Crippen molar-refractivity contribution in [2.75, 3.05) is 19.6 Å². The van der Waals surface area contributed by atoms with Crippen molar-refractivity contribution < 1.29 is 4.79 Å². The van der Waals surface area contributed by atoms with E-state index in [1.807, 2.05) is 4.68 Å². The number of nitrogens with one attached hydrogen (secondary N) is 3. The van der Waals surface area contributed by atoms with Gasteiger partial charge in [-0.15, -0.1) is 5.10 Å². The van der Waals surface area contributed by atoms with Crippen molar-refractivity contribution in [1.82, 2.24) is 35.6 Å². The van der Waals surface area contributed by atoms with Crippen molar-refractivity contribution >= 4 is 5.91 Å². The van der Waals surface area contributed by atoms with Crippen LogP contribution in [0.4, 0.5) is 0 Å². The van der Waals surface area contributed by atoms with Crippen LogP contribution in [0.2, 0.25) is 0 Å². The van der Waals surface area contributed by atoms with E-state index in [2.05, 4.69) is 30.9 Å². The molecule has 0 aromatic carbocycles. The maximum Gasteiger partial charge on any atom is 0.273 e.